The topological polar surface area (TPSA) is 109 Å². The second-order valence-corrected chi connectivity index (χ2v) is 7.70. The van der Waals surface area contributed by atoms with E-state index in [9.17, 15) is 22.4 Å². The lowest BCUT2D eigenvalue weighted by atomic mass is 10.1. The molecule has 0 fully saturated rings. The molecule has 0 bridgehead atoms. The van der Waals surface area contributed by atoms with E-state index in [1.807, 2.05) is 0 Å². The highest BCUT2D eigenvalue weighted by molar-refractivity contribution is 8.00. The first-order valence-electron chi connectivity index (χ1n) is 8.69. The maximum absolute atomic E-state index is 14.4. The molecule has 166 valence electrons. The fraction of sp³-hybridized carbons (Fsp3) is 0.158. The van der Waals surface area contributed by atoms with Gasteiger partial charge in [0, 0.05) is 16.5 Å². The van der Waals surface area contributed by atoms with Crippen molar-refractivity contribution in [1.82, 2.24) is 15.1 Å². The van der Waals surface area contributed by atoms with E-state index in [0.29, 0.717) is 6.07 Å². The summed E-state index contributed by atoms with van der Waals surface area (Å²) < 4.78 is 60.8. The number of rotatable bonds is 7. The molecule has 0 saturated heterocycles. The van der Waals surface area contributed by atoms with Gasteiger partial charge in [-0.25, -0.2) is 17.6 Å². The highest BCUT2D eigenvalue weighted by Gasteiger charge is 2.23. The van der Waals surface area contributed by atoms with Gasteiger partial charge in [-0.1, -0.05) is 16.7 Å². The van der Waals surface area contributed by atoms with E-state index in [1.54, 1.807) is 6.07 Å². The molecule has 2 aromatic carbocycles. The largest absolute Gasteiger partial charge is 0.406 e. The third-order valence-electron chi connectivity index (χ3n) is 4.09. The molecule has 2 N–H and O–H groups in total. The summed E-state index contributed by atoms with van der Waals surface area (Å²) in [6.45, 7) is -0.913. The Morgan fingerprint density at radius 2 is 1.81 bits per heavy atom. The average Bonchev–Trinajstić information content (AvgIpc) is 3.15. The van der Waals surface area contributed by atoms with Gasteiger partial charge in [-0.15, -0.1) is 16.9 Å². The quantitative estimate of drug-likeness (QED) is 0.305. The SMILES string of the molecule is N#Cc1cc(F)c(CN(Cc2nnc(N)o2)C(=O)CSc2cc(F)cc(F)c2Cl)c(F)c1. The van der Waals surface area contributed by atoms with Crippen molar-refractivity contribution >= 4 is 35.3 Å². The van der Waals surface area contributed by atoms with Gasteiger partial charge in [0.25, 0.3) is 0 Å². The first-order valence-corrected chi connectivity index (χ1v) is 10.0. The maximum Gasteiger partial charge on any atom is 0.312 e. The zero-order valence-corrected chi connectivity index (χ0v) is 17.5. The van der Waals surface area contributed by atoms with Crippen LogP contribution in [-0.2, 0) is 17.9 Å². The zero-order chi connectivity index (χ0) is 23.4. The number of carbonyl (C=O) groups is 1. The summed E-state index contributed by atoms with van der Waals surface area (Å²) in [6.07, 6.45) is 0. The van der Waals surface area contributed by atoms with Crippen LogP contribution in [0.15, 0.2) is 33.6 Å². The summed E-state index contributed by atoms with van der Waals surface area (Å²) >= 11 is 6.53. The molecule has 0 radical (unpaired) electrons. The van der Waals surface area contributed by atoms with Crippen molar-refractivity contribution in [3.63, 3.8) is 0 Å². The maximum atomic E-state index is 14.4. The molecule has 32 heavy (non-hydrogen) atoms. The standard InChI is InChI=1S/C19H12ClF4N5O2S/c20-18-14(24)3-10(21)4-15(18)32-8-17(30)29(7-16-27-28-19(26)31-16)6-11-12(22)1-9(5-25)2-13(11)23/h1-4H,6-8H2,(H2,26,28). The summed E-state index contributed by atoms with van der Waals surface area (Å²) in [5, 5.41) is 15.5. The van der Waals surface area contributed by atoms with Crippen LogP contribution in [0.5, 0.6) is 0 Å². The molecule has 0 unspecified atom stereocenters. The minimum absolute atomic E-state index is 0.0322. The summed E-state index contributed by atoms with van der Waals surface area (Å²) in [4.78, 5) is 13.8. The third-order valence-corrected chi connectivity index (χ3v) is 5.61. The molecule has 0 saturated carbocycles. The lowest BCUT2D eigenvalue weighted by Gasteiger charge is -2.22. The van der Waals surface area contributed by atoms with Gasteiger partial charge in [0.05, 0.1) is 35.5 Å². The Morgan fingerprint density at radius 3 is 2.41 bits per heavy atom. The lowest BCUT2D eigenvalue weighted by Crippen LogP contribution is -2.32. The van der Waals surface area contributed by atoms with Gasteiger partial charge in [0.1, 0.15) is 23.3 Å². The molecule has 0 aliphatic rings. The number of nitrogen functional groups attached to an aromatic ring is 1. The molecule has 1 heterocycles. The summed E-state index contributed by atoms with van der Waals surface area (Å²) in [7, 11) is 0. The number of nitrogens with zero attached hydrogens (tertiary/aromatic N) is 4. The van der Waals surface area contributed by atoms with Crippen molar-refractivity contribution in [3.05, 3.63) is 69.6 Å². The number of nitriles is 1. The van der Waals surface area contributed by atoms with Crippen LogP contribution < -0.4 is 5.73 Å². The van der Waals surface area contributed by atoms with Crippen molar-refractivity contribution in [1.29, 1.82) is 5.26 Å². The van der Waals surface area contributed by atoms with Crippen LogP contribution in [0, 0.1) is 34.6 Å². The van der Waals surface area contributed by atoms with Gasteiger partial charge in [-0.3, -0.25) is 4.79 Å². The number of anilines is 1. The van der Waals surface area contributed by atoms with Crippen molar-refractivity contribution in [2.75, 3.05) is 11.5 Å². The van der Waals surface area contributed by atoms with Crippen LogP contribution in [-0.4, -0.2) is 26.8 Å². The molecule has 1 aromatic heterocycles. The molecule has 0 spiro atoms. The minimum Gasteiger partial charge on any atom is -0.406 e. The molecule has 1 amide bonds. The molecule has 0 aliphatic heterocycles. The van der Waals surface area contributed by atoms with Gasteiger partial charge in [0.15, 0.2) is 0 Å². The number of benzene rings is 2. The number of halogens is 5. The van der Waals surface area contributed by atoms with E-state index in [-0.39, 0.29) is 39.7 Å². The molecule has 3 rings (SSSR count). The van der Waals surface area contributed by atoms with Gasteiger partial charge < -0.3 is 15.1 Å². The first kappa shape index (κ1) is 23.4. The van der Waals surface area contributed by atoms with Crippen molar-refractivity contribution < 1.29 is 26.8 Å². The van der Waals surface area contributed by atoms with E-state index in [4.69, 9.17) is 27.0 Å². The number of amides is 1. The highest BCUT2D eigenvalue weighted by atomic mass is 35.5. The number of aromatic nitrogens is 2. The van der Waals surface area contributed by atoms with E-state index < -0.39 is 41.3 Å². The molecule has 0 atom stereocenters. The predicted molar refractivity (Wildman–Crippen MR) is 106 cm³/mol. The first-order chi connectivity index (χ1) is 15.2. The Balaban J connectivity index is 1.84. The Bertz CT molecular complexity index is 1190. The second-order valence-electron chi connectivity index (χ2n) is 6.30. The van der Waals surface area contributed by atoms with E-state index in [0.717, 1.165) is 34.9 Å². The van der Waals surface area contributed by atoms with Crippen LogP contribution in [0.25, 0.3) is 0 Å². The summed E-state index contributed by atoms with van der Waals surface area (Å²) in [6, 6.07) is 4.55. The van der Waals surface area contributed by atoms with Crippen LogP contribution in [0.3, 0.4) is 0 Å². The fourth-order valence-electron chi connectivity index (χ4n) is 2.60. The lowest BCUT2D eigenvalue weighted by molar-refractivity contribution is -0.130. The van der Waals surface area contributed by atoms with Crippen LogP contribution >= 0.6 is 23.4 Å². The summed E-state index contributed by atoms with van der Waals surface area (Å²) in [5.41, 5.74) is 4.65. The van der Waals surface area contributed by atoms with Gasteiger partial charge in [-0.05, 0) is 18.2 Å². The third kappa shape index (κ3) is 5.49. The van der Waals surface area contributed by atoms with Crippen molar-refractivity contribution in [2.24, 2.45) is 0 Å². The van der Waals surface area contributed by atoms with Gasteiger partial charge in [-0.2, -0.15) is 5.26 Å². The van der Waals surface area contributed by atoms with Gasteiger partial charge in [0.2, 0.25) is 11.8 Å². The Hall–Kier alpha value is -3.30. The van der Waals surface area contributed by atoms with Gasteiger partial charge >= 0.3 is 6.01 Å². The van der Waals surface area contributed by atoms with Crippen LogP contribution in [0.2, 0.25) is 5.02 Å². The predicted octanol–water partition coefficient (Wildman–Crippen LogP) is 4.05. The Kier molecular flexibility index (Phi) is 7.22. The fourth-order valence-corrected chi connectivity index (χ4v) is 3.76. The van der Waals surface area contributed by atoms with Crippen molar-refractivity contribution in [3.8, 4) is 6.07 Å². The number of hydrogen-bond acceptors (Lipinski definition) is 7. The minimum atomic E-state index is -1.03. The number of hydrogen-bond donors (Lipinski definition) is 1. The van der Waals surface area contributed by atoms with Crippen LogP contribution in [0.4, 0.5) is 23.6 Å². The van der Waals surface area contributed by atoms with E-state index >= 15 is 0 Å². The normalized spacial score (nSPS) is 10.8. The van der Waals surface area contributed by atoms with E-state index in [1.165, 1.54) is 0 Å². The number of carbonyl (C=O) groups excluding carboxylic acids is 1. The molecule has 7 nitrogen and oxygen atoms in total. The van der Waals surface area contributed by atoms with Crippen molar-refractivity contribution in [2.45, 2.75) is 18.0 Å². The molecule has 0 aliphatic carbocycles. The average molecular weight is 486 g/mol. The Labute approximate surface area is 187 Å². The zero-order valence-electron chi connectivity index (χ0n) is 15.9. The molecule has 13 heteroatoms. The molecular formula is C19H12ClF4N5O2S. The molecular weight excluding hydrogens is 474 g/mol. The highest BCUT2D eigenvalue weighted by Crippen LogP contribution is 2.31. The number of thioether (sulfide) groups is 1. The van der Waals surface area contributed by atoms with Crippen LogP contribution in [0.1, 0.15) is 17.0 Å². The molecule has 3 aromatic rings. The monoisotopic (exact) mass is 485 g/mol. The summed E-state index contributed by atoms with van der Waals surface area (Å²) in [5.74, 6) is -5.13. The smallest absolute Gasteiger partial charge is 0.312 e. The van der Waals surface area contributed by atoms with E-state index in [2.05, 4.69) is 10.2 Å². The number of nitrogens with two attached hydrogens (primary N) is 1. The second kappa shape index (κ2) is 9.88. The Morgan fingerprint density at radius 1 is 1.12 bits per heavy atom.